The van der Waals surface area contributed by atoms with Gasteiger partial charge in [0.25, 0.3) is 0 Å². The fraction of sp³-hybridized carbons (Fsp3) is 0.200. The van der Waals surface area contributed by atoms with E-state index in [0.717, 1.165) is 4.47 Å². The number of carbonyl (C=O) groups is 2. The highest BCUT2D eigenvalue weighted by Crippen LogP contribution is 2.12. The third kappa shape index (κ3) is 4.19. The third-order valence-corrected chi connectivity index (χ3v) is 3.33. The summed E-state index contributed by atoms with van der Waals surface area (Å²) in [6.07, 6.45) is 4.99. The predicted octanol–water partition coefficient (Wildman–Crippen LogP) is 2.38. The molecule has 0 aromatic carbocycles. The summed E-state index contributed by atoms with van der Waals surface area (Å²) in [5, 5.41) is 0. The number of carbonyl (C=O) groups excluding carboxylic acids is 2. The van der Waals surface area contributed by atoms with E-state index in [1.165, 1.54) is 19.5 Å². The van der Waals surface area contributed by atoms with Gasteiger partial charge in [-0.2, -0.15) is 0 Å². The molecule has 0 saturated heterocycles. The number of hydrogen-bond acceptors (Lipinski definition) is 5. The Morgan fingerprint density at radius 2 is 2.00 bits per heavy atom. The van der Waals surface area contributed by atoms with E-state index in [2.05, 4.69) is 25.9 Å². The van der Waals surface area contributed by atoms with Crippen molar-refractivity contribution >= 4 is 27.7 Å². The van der Waals surface area contributed by atoms with Gasteiger partial charge in [-0.15, -0.1) is 0 Å². The summed E-state index contributed by atoms with van der Waals surface area (Å²) in [7, 11) is 1.31. The van der Waals surface area contributed by atoms with E-state index in [1.807, 2.05) is 6.07 Å². The molecule has 0 amide bonds. The number of ether oxygens (including phenoxy) is 1. The second-order valence-corrected chi connectivity index (χ2v) is 5.30. The van der Waals surface area contributed by atoms with Crippen molar-refractivity contribution in [2.45, 2.75) is 12.8 Å². The van der Waals surface area contributed by atoms with E-state index < -0.39 is 5.97 Å². The van der Waals surface area contributed by atoms with Crippen molar-refractivity contribution in [3.8, 4) is 0 Å². The molecule has 5 nitrogen and oxygen atoms in total. The van der Waals surface area contributed by atoms with Gasteiger partial charge in [-0.25, -0.2) is 4.79 Å². The highest BCUT2D eigenvalue weighted by molar-refractivity contribution is 9.10. The Hall–Kier alpha value is -2.08. The van der Waals surface area contributed by atoms with Crippen LogP contribution in [-0.4, -0.2) is 28.8 Å². The first kappa shape index (κ1) is 15.3. The first-order chi connectivity index (χ1) is 10.1. The molecule has 0 spiro atoms. The minimum atomic E-state index is -0.470. The van der Waals surface area contributed by atoms with Crippen LogP contribution in [0.2, 0.25) is 0 Å². The minimum absolute atomic E-state index is 0.0389. The van der Waals surface area contributed by atoms with Gasteiger partial charge in [-0.05, 0) is 39.7 Å². The Bertz CT molecular complexity index is 656. The van der Waals surface area contributed by atoms with Crippen LogP contribution in [-0.2, 0) is 22.4 Å². The van der Waals surface area contributed by atoms with Gasteiger partial charge >= 0.3 is 5.97 Å². The van der Waals surface area contributed by atoms with Gasteiger partial charge in [0, 0.05) is 41.6 Å². The molecule has 6 heteroatoms. The zero-order chi connectivity index (χ0) is 15.2. The van der Waals surface area contributed by atoms with E-state index in [9.17, 15) is 9.59 Å². The maximum Gasteiger partial charge on any atom is 0.338 e. The van der Waals surface area contributed by atoms with E-state index in [0.29, 0.717) is 16.8 Å². The minimum Gasteiger partial charge on any atom is -0.465 e. The standard InChI is InChI=1S/C15H13BrN2O3/c1-21-15(20)14-4-5-17-8-10(14)6-13(19)7-12-3-2-11(16)9-18-12/h2-5,8-9H,6-7H2,1H3. The highest BCUT2D eigenvalue weighted by atomic mass is 79.9. The second-order valence-electron chi connectivity index (χ2n) is 4.38. The van der Waals surface area contributed by atoms with Crippen LogP contribution in [0, 0.1) is 0 Å². The Kier molecular flexibility index (Phi) is 5.16. The Morgan fingerprint density at radius 3 is 2.67 bits per heavy atom. The number of methoxy groups -OCH3 is 1. The number of nitrogens with zero attached hydrogens (tertiary/aromatic N) is 2. The number of Topliss-reactive ketones (excluding diaryl/α,β-unsaturated/α-hetero) is 1. The van der Waals surface area contributed by atoms with E-state index in [-0.39, 0.29) is 18.6 Å². The fourth-order valence-electron chi connectivity index (χ4n) is 1.87. The number of esters is 1. The summed E-state index contributed by atoms with van der Waals surface area (Å²) in [4.78, 5) is 31.8. The van der Waals surface area contributed by atoms with Crippen molar-refractivity contribution in [2.75, 3.05) is 7.11 Å². The van der Waals surface area contributed by atoms with Crippen molar-refractivity contribution in [2.24, 2.45) is 0 Å². The molecule has 0 bridgehead atoms. The summed E-state index contributed by atoms with van der Waals surface area (Å²) in [6.45, 7) is 0. The molecule has 0 aliphatic rings. The van der Waals surface area contributed by atoms with Crippen LogP contribution < -0.4 is 0 Å². The first-order valence-corrected chi connectivity index (χ1v) is 7.03. The van der Waals surface area contributed by atoms with Gasteiger partial charge in [0.2, 0.25) is 0 Å². The average Bonchev–Trinajstić information content (AvgIpc) is 2.49. The van der Waals surface area contributed by atoms with Crippen LogP contribution in [0.5, 0.6) is 0 Å². The summed E-state index contributed by atoms with van der Waals surface area (Å²) in [5.41, 5.74) is 1.61. The molecule has 0 saturated carbocycles. The number of hydrogen-bond donors (Lipinski definition) is 0. The third-order valence-electron chi connectivity index (χ3n) is 2.86. The molecule has 0 atom stereocenters. The lowest BCUT2D eigenvalue weighted by Crippen LogP contribution is -2.12. The zero-order valence-electron chi connectivity index (χ0n) is 11.4. The van der Waals surface area contributed by atoms with Crippen molar-refractivity contribution in [3.05, 3.63) is 58.1 Å². The molecule has 0 aliphatic carbocycles. The molecule has 21 heavy (non-hydrogen) atoms. The van der Waals surface area contributed by atoms with Crippen LogP contribution in [0.4, 0.5) is 0 Å². The lowest BCUT2D eigenvalue weighted by molar-refractivity contribution is -0.117. The maximum absolute atomic E-state index is 12.1. The molecular formula is C15H13BrN2O3. The van der Waals surface area contributed by atoms with Gasteiger partial charge < -0.3 is 4.74 Å². The molecule has 2 rings (SSSR count). The number of ketones is 1. The lowest BCUT2D eigenvalue weighted by atomic mass is 10.0. The van der Waals surface area contributed by atoms with Gasteiger partial charge in [-0.3, -0.25) is 14.8 Å². The van der Waals surface area contributed by atoms with E-state index in [4.69, 9.17) is 4.74 Å². The number of pyridine rings is 2. The molecule has 2 aromatic heterocycles. The molecule has 2 heterocycles. The van der Waals surface area contributed by atoms with Gasteiger partial charge in [-0.1, -0.05) is 0 Å². The summed E-state index contributed by atoms with van der Waals surface area (Å²) < 4.78 is 5.55. The van der Waals surface area contributed by atoms with E-state index >= 15 is 0 Å². The van der Waals surface area contributed by atoms with Crippen LogP contribution >= 0.6 is 15.9 Å². The predicted molar refractivity (Wildman–Crippen MR) is 79.9 cm³/mol. The Balaban J connectivity index is 2.09. The summed E-state index contributed by atoms with van der Waals surface area (Å²) in [5.74, 6) is -0.509. The SMILES string of the molecule is COC(=O)c1ccncc1CC(=O)Cc1ccc(Br)cn1. The van der Waals surface area contributed by atoms with Crippen LogP contribution in [0.3, 0.4) is 0 Å². The lowest BCUT2D eigenvalue weighted by Gasteiger charge is -2.06. The van der Waals surface area contributed by atoms with Crippen molar-refractivity contribution < 1.29 is 14.3 Å². The quantitative estimate of drug-likeness (QED) is 0.776. The van der Waals surface area contributed by atoms with Gasteiger partial charge in [0.05, 0.1) is 12.7 Å². The van der Waals surface area contributed by atoms with Crippen molar-refractivity contribution in [1.82, 2.24) is 9.97 Å². The van der Waals surface area contributed by atoms with Crippen LogP contribution in [0.1, 0.15) is 21.6 Å². The van der Waals surface area contributed by atoms with Crippen LogP contribution in [0.25, 0.3) is 0 Å². The Labute approximate surface area is 130 Å². The first-order valence-electron chi connectivity index (χ1n) is 6.23. The molecule has 0 radical (unpaired) electrons. The largest absolute Gasteiger partial charge is 0.465 e. The van der Waals surface area contributed by atoms with Crippen LogP contribution in [0.15, 0.2) is 41.3 Å². The molecule has 0 aliphatic heterocycles. The topological polar surface area (TPSA) is 69.2 Å². The smallest absolute Gasteiger partial charge is 0.338 e. The summed E-state index contributed by atoms with van der Waals surface area (Å²) >= 11 is 3.29. The zero-order valence-corrected chi connectivity index (χ0v) is 13.0. The number of halogens is 1. The summed E-state index contributed by atoms with van der Waals surface area (Å²) in [6, 6.07) is 5.17. The number of aromatic nitrogens is 2. The Morgan fingerprint density at radius 1 is 1.19 bits per heavy atom. The molecule has 2 aromatic rings. The molecule has 0 unspecified atom stereocenters. The fourth-order valence-corrected chi connectivity index (χ4v) is 2.10. The van der Waals surface area contributed by atoms with Gasteiger partial charge in [0.1, 0.15) is 5.78 Å². The normalized spacial score (nSPS) is 10.2. The average molecular weight is 349 g/mol. The van der Waals surface area contributed by atoms with E-state index in [1.54, 1.807) is 18.3 Å². The maximum atomic E-state index is 12.1. The molecule has 0 N–H and O–H groups in total. The molecule has 0 fully saturated rings. The van der Waals surface area contributed by atoms with Crippen molar-refractivity contribution in [3.63, 3.8) is 0 Å². The second kappa shape index (κ2) is 7.08. The van der Waals surface area contributed by atoms with Gasteiger partial charge in [0.15, 0.2) is 0 Å². The van der Waals surface area contributed by atoms with Crippen molar-refractivity contribution in [1.29, 1.82) is 0 Å². The highest BCUT2D eigenvalue weighted by Gasteiger charge is 2.15. The number of rotatable bonds is 5. The monoisotopic (exact) mass is 348 g/mol. The molecule has 108 valence electrons. The molecular weight excluding hydrogens is 336 g/mol.